The quantitative estimate of drug-likeness (QED) is 0.663. The highest BCUT2D eigenvalue weighted by atomic mass is 19.1. The maximum atomic E-state index is 13.7. The zero-order chi connectivity index (χ0) is 20.3. The molecule has 0 radical (unpaired) electrons. The topological polar surface area (TPSA) is 58.2 Å². The Morgan fingerprint density at radius 1 is 0.750 bits per heavy atom. The van der Waals surface area contributed by atoms with Crippen molar-refractivity contribution in [1.29, 1.82) is 0 Å². The van der Waals surface area contributed by atoms with Gasteiger partial charge in [0.2, 0.25) is 0 Å². The first-order valence-corrected chi connectivity index (χ1v) is 8.59. The lowest BCUT2D eigenvalue weighted by Gasteiger charge is -2.11. The zero-order valence-corrected chi connectivity index (χ0v) is 15.3. The molecule has 0 saturated heterocycles. The fraction of sp³-hybridized carbons (Fsp3) is 0.0909. The first kappa shape index (κ1) is 19.2. The van der Waals surface area contributed by atoms with Gasteiger partial charge in [-0.1, -0.05) is 29.8 Å². The second-order valence-electron chi connectivity index (χ2n) is 6.40. The molecule has 2 amide bonds. The summed E-state index contributed by atoms with van der Waals surface area (Å²) in [4.78, 5) is 24.9. The second-order valence-corrected chi connectivity index (χ2v) is 6.40. The van der Waals surface area contributed by atoms with E-state index in [1.807, 2.05) is 26.0 Å². The van der Waals surface area contributed by atoms with Gasteiger partial charge in [-0.25, -0.2) is 8.78 Å². The van der Waals surface area contributed by atoms with Crippen molar-refractivity contribution in [2.24, 2.45) is 0 Å². The third-order valence-electron chi connectivity index (χ3n) is 4.22. The molecule has 6 heteroatoms. The summed E-state index contributed by atoms with van der Waals surface area (Å²) < 4.78 is 27.4. The number of hydrogen-bond donors (Lipinski definition) is 2. The van der Waals surface area contributed by atoms with E-state index in [9.17, 15) is 18.4 Å². The molecular formula is C22H18F2N2O2. The van der Waals surface area contributed by atoms with E-state index in [2.05, 4.69) is 10.6 Å². The van der Waals surface area contributed by atoms with E-state index in [1.165, 1.54) is 24.3 Å². The van der Waals surface area contributed by atoms with Gasteiger partial charge in [-0.3, -0.25) is 9.59 Å². The lowest BCUT2D eigenvalue weighted by Crippen LogP contribution is -2.17. The molecule has 0 bridgehead atoms. The molecule has 0 aliphatic rings. The van der Waals surface area contributed by atoms with Crippen LogP contribution >= 0.6 is 0 Å². The van der Waals surface area contributed by atoms with Crippen LogP contribution in [0.1, 0.15) is 31.8 Å². The van der Waals surface area contributed by atoms with E-state index < -0.39 is 29.1 Å². The number of amides is 2. The lowest BCUT2D eigenvalue weighted by atomic mass is 10.1. The number of rotatable bonds is 4. The summed E-state index contributed by atoms with van der Waals surface area (Å²) in [5.41, 5.74) is 2.49. The van der Waals surface area contributed by atoms with E-state index >= 15 is 0 Å². The van der Waals surface area contributed by atoms with Crippen LogP contribution in [0.3, 0.4) is 0 Å². The Morgan fingerprint density at radius 2 is 1.32 bits per heavy atom. The van der Waals surface area contributed by atoms with Crippen molar-refractivity contribution in [2.75, 3.05) is 10.6 Å². The summed E-state index contributed by atoms with van der Waals surface area (Å²) in [5, 5.41) is 5.00. The van der Waals surface area contributed by atoms with Crippen LogP contribution < -0.4 is 10.6 Å². The van der Waals surface area contributed by atoms with E-state index in [1.54, 1.807) is 12.1 Å². The van der Waals surface area contributed by atoms with Gasteiger partial charge in [0, 0.05) is 16.8 Å². The molecule has 3 aromatic carbocycles. The molecule has 0 spiro atoms. The number of hydrogen-bond acceptors (Lipinski definition) is 2. The van der Waals surface area contributed by atoms with Crippen LogP contribution in [-0.2, 0) is 0 Å². The van der Waals surface area contributed by atoms with Crippen molar-refractivity contribution in [3.8, 4) is 0 Å². The van der Waals surface area contributed by atoms with Gasteiger partial charge in [0.1, 0.15) is 17.3 Å². The maximum absolute atomic E-state index is 13.7. The average molecular weight is 380 g/mol. The molecule has 0 saturated carbocycles. The van der Waals surface area contributed by atoms with Crippen molar-refractivity contribution < 1.29 is 18.4 Å². The normalized spacial score (nSPS) is 10.4. The van der Waals surface area contributed by atoms with Crippen molar-refractivity contribution in [1.82, 2.24) is 0 Å². The van der Waals surface area contributed by atoms with Crippen LogP contribution in [0, 0.1) is 25.5 Å². The smallest absolute Gasteiger partial charge is 0.255 e. The number of carbonyl (C=O) groups is 2. The molecule has 0 fully saturated rings. The molecule has 3 rings (SSSR count). The molecule has 0 unspecified atom stereocenters. The van der Waals surface area contributed by atoms with Crippen molar-refractivity contribution in [3.05, 3.63) is 94.6 Å². The highest BCUT2D eigenvalue weighted by Gasteiger charge is 2.15. The summed E-state index contributed by atoms with van der Waals surface area (Å²) in [6.07, 6.45) is 0. The minimum Gasteiger partial charge on any atom is -0.322 e. The third-order valence-corrected chi connectivity index (χ3v) is 4.22. The van der Waals surface area contributed by atoms with Gasteiger partial charge in [-0.2, -0.15) is 0 Å². The largest absolute Gasteiger partial charge is 0.322 e. The van der Waals surface area contributed by atoms with Crippen molar-refractivity contribution >= 4 is 23.2 Å². The molecule has 0 aliphatic heterocycles. The fourth-order valence-electron chi connectivity index (χ4n) is 2.75. The van der Waals surface area contributed by atoms with Gasteiger partial charge in [0.05, 0.1) is 0 Å². The van der Waals surface area contributed by atoms with Crippen LogP contribution in [0.25, 0.3) is 0 Å². The Bertz CT molecular complexity index is 1040. The number of benzene rings is 3. The molecule has 0 aliphatic carbocycles. The number of halogens is 2. The first-order valence-electron chi connectivity index (χ1n) is 8.59. The molecule has 0 heterocycles. The number of aryl methyl sites for hydroxylation is 2. The Labute approximate surface area is 161 Å². The predicted octanol–water partition coefficient (Wildman–Crippen LogP) is 5.09. The Balaban J connectivity index is 1.79. The molecule has 0 atom stereocenters. The first-order chi connectivity index (χ1) is 13.3. The highest BCUT2D eigenvalue weighted by Crippen LogP contribution is 2.20. The van der Waals surface area contributed by atoms with E-state index in [0.717, 1.165) is 23.3 Å². The molecule has 28 heavy (non-hydrogen) atoms. The molecular weight excluding hydrogens is 362 g/mol. The maximum Gasteiger partial charge on any atom is 0.255 e. The van der Waals surface area contributed by atoms with Crippen LogP contribution in [-0.4, -0.2) is 11.8 Å². The second kappa shape index (κ2) is 8.00. The summed E-state index contributed by atoms with van der Waals surface area (Å²) >= 11 is 0. The van der Waals surface area contributed by atoms with Gasteiger partial charge in [-0.15, -0.1) is 0 Å². The number of carbonyl (C=O) groups excluding carboxylic acids is 2. The summed E-state index contributed by atoms with van der Waals surface area (Å²) in [6, 6.07) is 14.9. The van der Waals surface area contributed by atoms with Crippen LogP contribution in [0.15, 0.2) is 60.7 Å². The van der Waals surface area contributed by atoms with Crippen LogP contribution in [0.4, 0.5) is 20.2 Å². The van der Waals surface area contributed by atoms with Gasteiger partial charge >= 0.3 is 0 Å². The van der Waals surface area contributed by atoms with Gasteiger partial charge in [0.15, 0.2) is 0 Å². The van der Waals surface area contributed by atoms with Gasteiger partial charge < -0.3 is 10.6 Å². The number of anilines is 2. The summed E-state index contributed by atoms with van der Waals surface area (Å²) in [5.74, 6) is -2.86. The minimum absolute atomic E-state index is 0.107. The predicted molar refractivity (Wildman–Crippen MR) is 105 cm³/mol. The average Bonchev–Trinajstić information content (AvgIpc) is 2.67. The standard InChI is InChI=1S/C22H18F2N2O2/c1-13-9-10-19(14(2)11-13)25-21(27)15-5-3-6-16(12-15)22(28)26-20-17(23)7-4-8-18(20)24/h3-12H,1-2H3,(H,25,27)(H,26,28). The van der Waals surface area contributed by atoms with E-state index in [4.69, 9.17) is 0 Å². The Kier molecular flexibility index (Phi) is 5.49. The minimum atomic E-state index is -0.878. The van der Waals surface area contributed by atoms with Gasteiger partial charge in [-0.05, 0) is 55.8 Å². The fourth-order valence-corrected chi connectivity index (χ4v) is 2.75. The summed E-state index contributed by atoms with van der Waals surface area (Å²) in [6.45, 7) is 3.84. The zero-order valence-electron chi connectivity index (χ0n) is 15.3. The number of para-hydroxylation sites is 1. The highest BCUT2D eigenvalue weighted by molar-refractivity contribution is 6.09. The van der Waals surface area contributed by atoms with Crippen molar-refractivity contribution in [3.63, 3.8) is 0 Å². The summed E-state index contributed by atoms with van der Waals surface area (Å²) in [7, 11) is 0. The molecule has 0 aromatic heterocycles. The van der Waals surface area contributed by atoms with Crippen LogP contribution in [0.2, 0.25) is 0 Å². The third kappa shape index (κ3) is 4.23. The molecule has 3 aromatic rings. The lowest BCUT2D eigenvalue weighted by molar-refractivity contribution is 0.102. The SMILES string of the molecule is Cc1ccc(NC(=O)c2cccc(C(=O)Nc3c(F)cccc3F)c2)c(C)c1. The molecule has 2 N–H and O–H groups in total. The number of nitrogens with one attached hydrogen (secondary N) is 2. The van der Waals surface area contributed by atoms with E-state index in [0.29, 0.717) is 5.69 Å². The Morgan fingerprint density at radius 3 is 1.93 bits per heavy atom. The van der Waals surface area contributed by atoms with Crippen molar-refractivity contribution in [2.45, 2.75) is 13.8 Å². The van der Waals surface area contributed by atoms with E-state index in [-0.39, 0.29) is 11.1 Å². The van der Waals surface area contributed by atoms with Gasteiger partial charge in [0.25, 0.3) is 11.8 Å². The van der Waals surface area contributed by atoms with Crippen LogP contribution in [0.5, 0.6) is 0 Å². The Hall–Kier alpha value is -3.54. The monoisotopic (exact) mass is 380 g/mol. The molecule has 4 nitrogen and oxygen atoms in total. The molecule has 142 valence electrons.